The van der Waals surface area contributed by atoms with Gasteiger partial charge in [-0.3, -0.25) is 4.98 Å². The number of benzene rings is 1. The maximum Gasteiger partial charge on any atom is 0.431 e. The molecule has 5 rings (SSSR count). The summed E-state index contributed by atoms with van der Waals surface area (Å²) in [5.74, 6) is 0.718. The Hall–Kier alpha value is -2.54. The highest BCUT2D eigenvalue weighted by molar-refractivity contribution is 5.86. The lowest BCUT2D eigenvalue weighted by Gasteiger charge is -2.40. The molecule has 4 nitrogen and oxygen atoms in total. The molecule has 2 aliphatic heterocycles. The molecule has 0 amide bonds. The molecule has 0 aliphatic carbocycles. The molecule has 0 bridgehead atoms. The molecule has 140 valence electrons. The molecule has 3 aromatic rings. The van der Waals surface area contributed by atoms with Crippen molar-refractivity contribution in [2.45, 2.75) is 12.2 Å². The van der Waals surface area contributed by atoms with E-state index in [1.807, 2.05) is 12.3 Å². The number of halogens is 3. The highest BCUT2D eigenvalue weighted by atomic mass is 19.4. The Labute approximate surface area is 154 Å². The van der Waals surface area contributed by atoms with Crippen molar-refractivity contribution >= 4 is 16.6 Å². The van der Waals surface area contributed by atoms with Crippen LogP contribution in [0.5, 0.6) is 0 Å². The third-order valence-corrected chi connectivity index (χ3v) is 5.84. The highest BCUT2D eigenvalue weighted by Gasteiger charge is 2.43. The molecule has 2 aromatic heterocycles. The Bertz CT molecular complexity index is 1010. The number of pyridine rings is 1. The van der Waals surface area contributed by atoms with E-state index in [0.717, 1.165) is 48.4 Å². The number of nitrogens with one attached hydrogen (secondary N) is 1. The van der Waals surface area contributed by atoms with E-state index in [4.69, 9.17) is 0 Å². The van der Waals surface area contributed by atoms with Crippen molar-refractivity contribution in [2.24, 2.45) is 5.92 Å². The van der Waals surface area contributed by atoms with Gasteiger partial charge in [0.2, 0.25) is 0 Å². The average Bonchev–Trinajstić information content (AvgIpc) is 3.22. The lowest BCUT2D eigenvalue weighted by atomic mass is 9.93. The predicted molar refractivity (Wildman–Crippen MR) is 98.7 cm³/mol. The molecular weight excluding hydrogens is 353 g/mol. The molecule has 1 aromatic carbocycles. The number of likely N-dealkylation sites (tertiary alicyclic amines) is 1. The molecular formula is C20H19F3N4. The van der Waals surface area contributed by atoms with Crippen LogP contribution < -0.4 is 4.90 Å². The first-order valence-corrected chi connectivity index (χ1v) is 8.99. The number of hydrogen-bond donors (Lipinski definition) is 1. The minimum absolute atomic E-state index is 0.481. The van der Waals surface area contributed by atoms with Gasteiger partial charge in [0.15, 0.2) is 0 Å². The van der Waals surface area contributed by atoms with Gasteiger partial charge in [0.1, 0.15) is 5.69 Å². The smallest absolute Gasteiger partial charge is 0.368 e. The van der Waals surface area contributed by atoms with Gasteiger partial charge in [-0.1, -0.05) is 6.07 Å². The number of fused-ring (bicyclic) bond motifs is 2. The van der Waals surface area contributed by atoms with Gasteiger partial charge in [0.05, 0.1) is 11.9 Å². The van der Waals surface area contributed by atoms with Crippen molar-refractivity contribution in [3.8, 4) is 11.1 Å². The molecule has 2 aliphatic rings. The molecule has 27 heavy (non-hydrogen) atoms. The number of nitrogens with zero attached hydrogens (tertiary/aromatic N) is 3. The fourth-order valence-electron chi connectivity index (χ4n) is 4.33. The molecule has 2 saturated heterocycles. The summed E-state index contributed by atoms with van der Waals surface area (Å²) >= 11 is 0. The van der Waals surface area contributed by atoms with Crippen LogP contribution in [-0.2, 0) is 6.18 Å². The molecule has 2 fully saturated rings. The van der Waals surface area contributed by atoms with Gasteiger partial charge in [-0.2, -0.15) is 13.2 Å². The molecule has 0 radical (unpaired) electrons. The van der Waals surface area contributed by atoms with Gasteiger partial charge >= 0.3 is 6.18 Å². The van der Waals surface area contributed by atoms with Gasteiger partial charge in [0.25, 0.3) is 0 Å². The van der Waals surface area contributed by atoms with E-state index in [1.165, 1.54) is 0 Å². The largest absolute Gasteiger partial charge is 0.431 e. The Balaban J connectivity index is 1.46. The van der Waals surface area contributed by atoms with Crippen LogP contribution >= 0.6 is 0 Å². The van der Waals surface area contributed by atoms with Gasteiger partial charge in [-0.15, -0.1) is 0 Å². The normalized spacial score (nSPS) is 22.9. The van der Waals surface area contributed by atoms with Crippen molar-refractivity contribution in [3.63, 3.8) is 0 Å². The summed E-state index contributed by atoms with van der Waals surface area (Å²) in [4.78, 5) is 11.5. The molecule has 4 heterocycles. The summed E-state index contributed by atoms with van der Waals surface area (Å²) in [5.41, 5.74) is 2.61. The monoisotopic (exact) mass is 372 g/mol. The molecule has 2 atom stereocenters. The van der Waals surface area contributed by atoms with Crippen LogP contribution in [0.15, 0.2) is 42.7 Å². The summed E-state index contributed by atoms with van der Waals surface area (Å²) in [6.45, 7) is 3.17. The van der Waals surface area contributed by atoms with Crippen molar-refractivity contribution in [3.05, 3.63) is 48.4 Å². The molecule has 0 spiro atoms. The van der Waals surface area contributed by atoms with Gasteiger partial charge < -0.3 is 14.8 Å². The first-order valence-electron chi connectivity index (χ1n) is 8.99. The lowest BCUT2D eigenvalue weighted by Crippen LogP contribution is -2.52. The molecule has 7 heteroatoms. The van der Waals surface area contributed by atoms with E-state index in [2.05, 4.69) is 32.9 Å². The van der Waals surface area contributed by atoms with Crippen LogP contribution in [0.2, 0.25) is 0 Å². The van der Waals surface area contributed by atoms with Gasteiger partial charge in [-0.05, 0) is 36.9 Å². The van der Waals surface area contributed by atoms with Crippen molar-refractivity contribution in [1.82, 2.24) is 14.9 Å². The maximum absolute atomic E-state index is 12.9. The standard InChI is InChI=1S/C20H19F3N4/c1-26-9-15-10-27(11-18(15)26)16-5-14(7-24-8-16)12-2-3-17-13(4-12)6-19(25-17)20(21,22)23/h2-8,15,18,25H,9-11H2,1H3/t15-,18-/m1/s1. The van der Waals surface area contributed by atoms with E-state index in [1.54, 1.807) is 18.3 Å². The number of likely N-dealkylation sites (N-methyl/N-ethyl adjacent to an activating group) is 1. The Kier molecular flexibility index (Phi) is 3.53. The Morgan fingerprint density at radius 2 is 1.89 bits per heavy atom. The first-order chi connectivity index (χ1) is 12.9. The van der Waals surface area contributed by atoms with E-state index >= 15 is 0 Å². The second-order valence-corrected chi connectivity index (χ2v) is 7.59. The fraction of sp³-hybridized carbons (Fsp3) is 0.350. The molecule has 1 N–H and O–H groups in total. The first kappa shape index (κ1) is 16.6. The SMILES string of the molecule is CN1C[C@@H]2CN(c3cncc(-c4ccc5[nH]c(C(F)(F)F)cc5c4)c3)C[C@H]21. The summed E-state index contributed by atoms with van der Waals surface area (Å²) < 4.78 is 38.8. The lowest BCUT2D eigenvalue weighted by molar-refractivity contribution is -0.140. The second-order valence-electron chi connectivity index (χ2n) is 7.59. The second kappa shape index (κ2) is 5.73. The summed E-state index contributed by atoms with van der Waals surface area (Å²) in [7, 11) is 2.15. The van der Waals surface area contributed by atoms with E-state index < -0.39 is 11.9 Å². The third kappa shape index (κ3) is 2.77. The number of aromatic nitrogens is 2. The summed E-state index contributed by atoms with van der Waals surface area (Å²) in [5, 5.41) is 0.547. The van der Waals surface area contributed by atoms with Gasteiger partial charge in [0, 0.05) is 54.3 Å². The molecule has 0 saturated carbocycles. The zero-order valence-electron chi connectivity index (χ0n) is 14.8. The van der Waals surface area contributed by atoms with Crippen LogP contribution in [0, 0.1) is 5.92 Å². The number of alkyl halides is 3. The predicted octanol–water partition coefficient (Wildman–Crippen LogP) is 4.00. The van der Waals surface area contributed by atoms with E-state index in [0.29, 0.717) is 16.9 Å². The van der Waals surface area contributed by atoms with Crippen LogP contribution in [0.3, 0.4) is 0 Å². The van der Waals surface area contributed by atoms with Crippen LogP contribution in [0.4, 0.5) is 18.9 Å². The summed E-state index contributed by atoms with van der Waals surface area (Å²) in [6.07, 6.45) is -0.743. The maximum atomic E-state index is 12.9. The average molecular weight is 372 g/mol. The highest BCUT2D eigenvalue weighted by Crippen LogP contribution is 2.36. The minimum Gasteiger partial charge on any atom is -0.368 e. The Morgan fingerprint density at radius 1 is 1.04 bits per heavy atom. The fourth-order valence-corrected chi connectivity index (χ4v) is 4.33. The van der Waals surface area contributed by atoms with Crippen molar-refractivity contribution in [2.75, 3.05) is 31.6 Å². The zero-order chi connectivity index (χ0) is 18.8. The molecule has 0 unspecified atom stereocenters. The van der Waals surface area contributed by atoms with E-state index in [-0.39, 0.29) is 0 Å². The number of rotatable bonds is 2. The minimum atomic E-state index is -4.37. The van der Waals surface area contributed by atoms with Crippen molar-refractivity contribution < 1.29 is 13.2 Å². The van der Waals surface area contributed by atoms with Crippen LogP contribution in [0.25, 0.3) is 22.0 Å². The zero-order valence-corrected chi connectivity index (χ0v) is 14.8. The number of anilines is 1. The number of H-pyrrole nitrogens is 1. The quantitative estimate of drug-likeness (QED) is 0.739. The third-order valence-electron chi connectivity index (χ3n) is 5.84. The van der Waals surface area contributed by atoms with Crippen LogP contribution in [0.1, 0.15) is 5.69 Å². The number of aromatic amines is 1. The van der Waals surface area contributed by atoms with Crippen molar-refractivity contribution in [1.29, 1.82) is 0 Å². The van der Waals surface area contributed by atoms with E-state index in [9.17, 15) is 13.2 Å². The van der Waals surface area contributed by atoms with Crippen LogP contribution in [-0.4, -0.2) is 47.6 Å². The summed E-state index contributed by atoms with van der Waals surface area (Å²) in [6, 6.07) is 9.16. The van der Waals surface area contributed by atoms with Gasteiger partial charge in [-0.25, -0.2) is 0 Å². The topological polar surface area (TPSA) is 35.2 Å². The number of hydrogen-bond acceptors (Lipinski definition) is 3. The Morgan fingerprint density at radius 3 is 2.63 bits per heavy atom.